The SMILES string of the molecule is O=C(CC(c1ccccc1)c1ccccc1)NC1(C(=O)O)CCCC1. The van der Waals surface area contributed by atoms with Gasteiger partial charge in [0.15, 0.2) is 0 Å². The van der Waals surface area contributed by atoms with Crippen LogP contribution in [0.5, 0.6) is 0 Å². The van der Waals surface area contributed by atoms with Gasteiger partial charge in [0.05, 0.1) is 0 Å². The summed E-state index contributed by atoms with van der Waals surface area (Å²) >= 11 is 0. The second kappa shape index (κ2) is 7.51. The highest BCUT2D eigenvalue weighted by Crippen LogP contribution is 2.32. The van der Waals surface area contributed by atoms with Crippen LogP contribution < -0.4 is 5.32 Å². The molecule has 0 unspecified atom stereocenters. The van der Waals surface area contributed by atoms with Crippen molar-refractivity contribution >= 4 is 11.9 Å². The number of aliphatic carboxylic acids is 1. The fourth-order valence-electron chi connectivity index (χ4n) is 3.67. The first-order valence-corrected chi connectivity index (χ1v) is 8.75. The van der Waals surface area contributed by atoms with E-state index in [0.29, 0.717) is 12.8 Å². The molecule has 0 radical (unpaired) electrons. The van der Waals surface area contributed by atoms with E-state index >= 15 is 0 Å². The molecular weight excluding hydrogens is 314 g/mol. The first kappa shape index (κ1) is 17.2. The smallest absolute Gasteiger partial charge is 0.329 e. The maximum atomic E-state index is 12.7. The van der Waals surface area contributed by atoms with E-state index in [1.807, 2.05) is 60.7 Å². The number of rotatable bonds is 6. The summed E-state index contributed by atoms with van der Waals surface area (Å²) < 4.78 is 0. The molecule has 0 heterocycles. The molecule has 1 fully saturated rings. The van der Waals surface area contributed by atoms with Gasteiger partial charge in [-0.3, -0.25) is 4.79 Å². The Hall–Kier alpha value is -2.62. The summed E-state index contributed by atoms with van der Waals surface area (Å²) in [5.41, 5.74) is 1.02. The molecule has 0 aliphatic heterocycles. The third-order valence-electron chi connectivity index (χ3n) is 5.04. The minimum absolute atomic E-state index is 0.0883. The number of hydrogen-bond donors (Lipinski definition) is 2. The monoisotopic (exact) mass is 337 g/mol. The zero-order chi connectivity index (χ0) is 17.7. The summed E-state index contributed by atoms with van der Waals surface area (Å²) in [4.78, 5) is 24.4. The lowest BCUT2D eigenvalue weighted by Crippen LogP contribution is -2.52. The number of hydrogen-bond acceptors (Lipinski definition) is 2. The van der Waals surface area contributed by atoms with Gasteiger partial charge in [-0.1, -0.05) is 73.5 Å². The molecule has 1 amide bonds. The van der Waals surface area contributed by atoms with Crippen molar-refractivity contribution in [3.63, 3.8) is 0 Å². The number of benzene rings is 2. The zero-order valence-electron chi connectivity index (χ0n) is 14.2. The van der Waals surface area contributed by atoms with Crippen LogP contribution in [0.1, 0.15) is 49.1 Å². The lowest BCUT2D eigenvalue weighted by molar-refractivity contribution is -0.147. The molecule has 1 saturated carbocycles. The van der Waals surface area contributed by atoms with Crippen LogP contribution in [0.3, 0.4) is 0 Å². The van der Waals surface area contributed by atoms with Gasteiger partial charge in [0.25, 0.3) is 0 Å². The number of nitrogens with one attached hydrogen (secondary N) is 1. The van der Waals surface area contributed by atoms with Crippen molar-refractivity contribution in [2.45, 2.75) is 43.6 Å². The summed E-state index contributed by atoms with van der Waals surface area (Å²) in [5, 5.41) is 12.4. The van der Waals surface area contributed by atoms with E-state index in [-0.39, 0.29) is 18.2 Å². The van der Waals surface area contributed by atoms with Gasteiger partial charge in [0.1, 0.15) is 5.54 Å². The molecule has 2 aromatic rings. The quantitative estimate of drug-likeness (QED) is 0.844. The Balaban J connectivity index is 1.81. The van der Waals surface area contributed by atoms with Crippen molar-refractivity contribution in [3.05, 3.63) is 71.8 Å². The maximum absolute atomic E-state index is 12.7. The molecule has 0 bridgehead atoms. The Morgan fingerprint density at radius 3 is 1.84 bits per heavy atom. The van der Waals surface area contributed by atoms with Crippen LogP contribution in [0, 0.1) is 0 Å². The predicted molar refractivity (Wildman–Crippen MR) is 96.3 cm³/mol. The number of carbonyl (C=O) groups excluding carboxylic acids is 1. The van der Waals surface area contributed by atoms with Gasteiger partial charge in [-0.05, 0) is 24.0 Å². The molecule has 0 saturated heterocycles. The fraction of sp³-hybridized carbons (Fsp3) is 0.333. The largest absolute Gasteiger partial charge is 0.480 e. The van der Waals surface area contributed by atoms with Crippen molar-refractivity contribution in [1.29, 1.82) is 0 Å². The molecule has 4 nitrogen and oxygen atoms in total. The molecule has 3 rings (SSSR count). The first-order chi connectivity index (χ1) is 12.1. The average molecular weight is 337 g/mol. The number of amides is 1. The summed E-state index contributed by atoms with van der Waals surface area (Å²) in [7, 11) is 0. The molecule has 4 heteroatoms. The Morgan fingerprint density at radius 2 is 1.40 bits per heavy atom. The molecule has 2 aromatic carbocycles. The standard InChI is InChI=1S/C21H23NO3/c23-19(22-21(20(24)25)13-7-8-14-21)15-18(16-9-3-1-4-10-16)17-11-5-2-6-12-17/h1-6,9-12,18H,7-8,13-15H2,(H,22,23)(H,24,25). The number of carboxylic acid groups (broad SMARTS) is 1. The van der Waals surface area contributed by atoms with Gasteiger partial charge in [-0.25, -0.2) is 4.79 Å². The zero-order valence-corrected chi connectivity index (χ0v) is 14.2. The summed E-state index contributed by atoms with van der Waals surface area (Å²) in [6.45, 7) is 0. The van der Waals surface area contributed by atoms with Crippen molar-refractivity contribution in [1.82, 2.24) is 5.32 Å². The fourth-order valence-corrected chi connectivity index (χ4v) is 3.67. The van der Waals surface area contributed by atoms with E-state index in [0.717, 1.165) is 24.0 Å². The van der Waals surface area contributed by atoms with E-state index in [2.05, 4.69) is 5.32 Å². The molecule has 130 valence electrons. The van der Waals surface area contributed by atoms with E-state index in [1.54, 1.807) is 0 Å². The van der Waals surface area contributed by atoms with Crippen molar-refractivity contribution in [2.24, 2.45) is 0 Å². The van der Waals surface area contributed by atoms with E-state index in [4.69, 9.17) is 0 Å². The highest BCUT2D eigenvalue weighted by Gasteiger charge is 2.42. The molecule has 1 aliphatic rings. The lowest BCUT2D eigenvalue weighted by atomic mass is 9.87. The highest BCUT2D eigenvalue weighted by molar-refractivity contribution is 5.87. The van der Waals surface area contributed by atoms with Crippen molar-refractivity contribution < 1.29 is 14.7 Å². The Kier molecular flexibility index (Phi) is 5.17. The lowest BCUT2D eigenvalue weighted by Gasteiger charge is -2.27. The normalized spacial score (nSPS) is 15.9. The Bertz CT molecular complexity index is 682. The number of carboxylic acids is 1. The second-order valence-corrected chi connectivity index (χ2v) is 6.72. The van der Waals surface area contributed by atoms with E-state index < -0.39 is 11.5 Å². The summed E-state index contributed by atoms with van der Waals surface area (Å²) in [6, 6.07) is 19.8. The van der Waals surface area contributed by atoms with Gasteiger partial charge >= 0.3 is 5.97 Å². The van der Waals surface area contributed by atoms with Crippen LogP contribution >= 0.6 is 0 Å². The van der Waals surface area contributed by atoms with Crippen molar-refractivity contribution in [2.75, 3.05) is 0 Å². The van der Waals surface area contributed by atoms with Gasteiger partial charge in [-0.15, -0.1) is 0 Å². The van der Waals surface area contributed by atoms with Crippen LogP contribution in [0.4, 0.5) is 0 Å². The van der Waals surface area contributed by atoms with Gasteiger partial charge < -0.3 is 10.4 Å². The first-order valence-electron chi connectivity index (χ1n) is 8.75. The molecule has 25 heavy (non-hydrogen) atoms. The average Bonchev–Trinajstić information content (AvgIpc) is 3.11. The maximum Gasteiger partial charge on any atom is 0.329 e. The number of carbonyl (C=O) groups is 2. The topological polar surface area (TPSA) is 66.4 Å². The summed E-state index contributed by atoms with van der Waals surface area (Å²) in [5.74, 6) is -1.22. The molecule has 0 aromatic heterocycles. The predicted octanol–water partition coefficient (Wildman–Crippen LogP) is 3.72. The van der Waals surface area contributed by atoms with E-state index in [1.165, 1.54) is 0 Å². The minimum atomic E-state index is -1.09. The van der Waals surface area contributed by atoms with Crippen LogP contribution in [0.25, 0.3) is 0 Å². The third kappa shape index (κ3) is 3.90. The highest BCUT2D eigenvalue weighted by atomic mass is 16.4. The third-order valence-corrected chi connectivity index (χ3v) is 5.04. The molecule has 2 N–H and O–H groups in total. The summed E-state index contributed by atoms with van der Waals surface area (Å²) in [6.07, 6.45) is 2.94. The molecule has 1 aliphatic carbocycles. The minimum Gasteiger partial charge on any atom is -0.480 e. The van der Waals surface area contributed by atoms with Crippen molar-refractivity contribution in [3.8, 4) is 0 Å². The van der Waals surface area contributed by atoms with Crippen LogP contribution in [0.2, 0.25) is 0 Å². The van der Waals surface area contributed by atoms with Gasteiger partial charge in [0.2, 0.25) is 5.91 Å². The Morgan fingerprint density at radius 1 is 0.920 bits per heavy atom. The van der Waals surface area contributed by atoms with Crippen LogP contribution in [-0.4, -0.2) is 22.5 Å². The van der Waals surface area contributed by atoms with Crippen LogP contribution in [0.15, 0.2) is 60.7 Å². The molecule has 0 atom stereocenters. The Labute approximate surface area is 147 Å². The van der Waals surface area contributed by atoms with E-state index in [9.17, 15) is 14.7 Å². The van der Waals surface area contributed by atoms with Gasteiger partial charge in [-0.2, -0.15) is 0 Å². The second-order valence-electron chi connectivity index (χ2n) is 6.72. The van der Waals surface area contributed by atoms with Crippen LogP contribution in [-0.2, 0) is 9.59 Å². The molecular formula is C21H23NO3. The molecule has 0 spiro atoms. The van der Waals surface area contributed by atoms with Gasteiger partial charge in [0, 0.05) is 12.3 Å².